The van der Waals surface area contributed by atoms with Crippen molar-refractivity contribution in [1.29, 1.82) is 0 Å². The molecule has 8 heteroatoms. The average Bonchev–Trinajstić information content (AvgIpc) is 2.88. The zero-order valence-corrected chi connectivity index (χ0v) is 9.65. The van der Waals surface area contributed by atoms with Crippen LogP contribution in [0.4, 0.5) is 0 Å². The fourth-order valence-corrected chi connectivity index (χ4v) is 1.61. The van der Waals surface area contributed by atoms with Gasteiger partial charge in [-0.1, -0.05) is 0 Å². The quantitative estimate of drug-likeness (QED) is 0.827. The predicted octanol–water partition coefficient (Wildman–Crippen LogP) is 0.237. The van der Waals surface area contributed by atoms with Gasteiger partial charge in [0.1, 0.15) is 5.82 Å². The number of nitrogens with zero attached hydrogens (tertiary/aromatic N) is 5. The first-order valence-corrected chi connectivity index (χ1v) is 5.31. The molecule has 2 heterocycles. The van der Waals surface area contributed by atoms with Crippen LogP contribution in [0.25, 0.3) is 0 Å². The monoisotopic (exact) mass is 238 g/mol. The minimum atomic E-state index is -0.184. The van der Waals surface area contributed by atoms with E-state index in [0.29, 0.717) is 18.1 Å². The van der Waals surface area contributed by atoms with Gasteiger partial charge >= 0.3 is 0 Å². The summed E-state index contributed by atoms with van der Waals surface area (Å²) in [7, 11) is 1.67. The Morgan fingerprint density at radius 2 is 2.44 bits per heavy atom. The summed E-state index contributed by atoms with van der Waals surface area (Å²) in [6, 6.07) is 0. The van der Waals surface area contributed by atoms with Crippen LogP contribution in [-0.4, -0.2) is 41.8 Å². The van der Waals surface area contributed by atoms with Crippen LogP contribution in [0.2, 0.25) is 0 Å². The van der Waals surface area contributed by atoms with Crippen LogP contribution in [0, 0.1) is 6.92 Å². The smallest absolute Gasteiger partial charge is 0.275 e. The van der Waals surface area contributed by atoms with Crippen LogP contribution < -0.4 is 0 Å². The standard InChI is InChI=1S/C8H10N6OS/c1-5-10-7(12-11-5)4-14(2)8(15)6-3-9-16-13-6/h3H,4H2,1-2H3,(H,10,11,12). The number of carbonyl (C=O) groups is 1. The average molecular weight is 238 g/mol. The number of hydrogen-bond donors (Lipinski definition) is 1. The molecule has 0 unspecified atom stereocenters. The van der Waals surface area contributed by atoms with Crippen LogP contribution in [0.5, 0.6) is 0 Å². The topological polar surface area (TPSA) is 87.7 Å². The zero-order valence-electron chi connectivity index (χ0n) is 8.84. The van der Waals surface area contributed by atoms with Gasteiger partial charge in [-0.2, -0.15) is 13.8 Å². The fourth-order valence-electron chi connectivity index (χ4n) is 1.20. The van der Waals surface area contributed by atoms with Gasteiger partial charge in [-0.3, -0.25) is 9.89 Å². The maximum atomic E-state index is 11.8. The van der Waals surface area contributed by atoms with Gasteiger partial charge in [0, 0.05) is 7.05 Å². The van der Waals surface area contributed by atoms with Crippen LogP contribution in [0.15, 0.2) is 6.20 Å². The minimum Gasteiger partial charge on any atom is -0.333 e. The number of carbonyl (C=O) groups excluding carboxylic acids is 1. The number of aromatic nitrogens is 5. The molecule has 2 rings (SSSR count). The van der Waals surface area contributed by atoms with Crippen molar-refractivity contribution in [2.75, 3.05) is 7.05 Å². The lowest BCUT2D eigenvalue weighted by molar-refractivity contribution is 0.0777. The molecule has 16 heavy (non-hydrogen) atoms. The van der Waals surface area contributed by atoms with Gasteiger partial charge in [0.2, 0.25) is 0 Å². The van der Waals surface area contributed by atoms with E-state index in [1.807, 2.05) is 6.92 Å². The van der Waals surface area contributed by atoms with Crippen molar-refractivity contribution >= 4 is 17.6 Å². The van der Waals surface area contributed by atoms with Crippen molar-refractivity contribution < 1.29 is 4.79 Å². The summed E-state index contributed by atoms with van der Waals surface area (Å²) in [6.07, 6.45) is 1.45. The molecule has 0 atom stereocenters. The largest absolute Gasteiger partial charge is 0.333 e. The molecule has 0 saturated heterocycles. The molecule has 0 bridgehead atoms. The van der Waals surface area contributed by atoms with Crippen molar-refractivity contribution in [3.8, 4) is 0 Å². The van der Waals surface area contributed by atoms with Crippen LogP contribution in [0.3, 0.4) is 0 Å². The molecule has 1 amide bonds. The van der Waals surface area contributed by atoms with Gasteiger partial charge < -0.3 is 4.90 Å². The Bertz CT molecular complexity index is 478. The maximum Gasteiger partial charge on any atom is 0.275 e. The molecule has 2 aromatic rings. The first-order chi connectivity index (χ1) is 7.66. The molecule has 0 spiro atoms. The van der Waals surface area contributed by atoms with Crippen LogP contribution >= 0.6 is 11.7 Å². The van der Waals surface area contributed by atoms with E-state index in [9.17, 15) is 4.79 Å². The summed E-state index contributed by atoms with van der Waals surface area (Å²) >= 11 is 1.01. The summed E-state index contributed by atoms with van der Waals surface area (Å²) in [4.78, 5) is 17.4. The van der Waals surface area contributed by atoms with Crippen molar-refractivity contribution in [2.45, 2.75) is 13.5 Å². The van der Waals surface area contributed by atoms with Gasteiger partial charge in [0.25, 0.3) is 5.91 Å². The van der Waals surface area contributed by atoms with Gasteiger partial charge in [0.05, 0.1) is 24.5 Å². The van der Waals surface area contributed by atoms with E-state index in [2.05, 4.69) is 23.9 Å². The van der Waals surface area contributed by atoms with Gasteiger partial charge in [0.15, 0.2) is 11.5 Å². The second-order valence-electron chi connectivity index (χ2n) is 3.29. The number of H-pyrrole nitrogens is 1. The molecule has 0 aliphatic carbocycles. The highest BCUT2D eigenvalue weighted by Gasteiger charge is 2.15. The molecule has 1 N–H and O–H groups in total. The molecule has 2 aromatic heterocycles. The second-order valence-corrected chi connectivity index (χ2v) is 3.85. The van der Waals surface area contributed by atoms with Crippen molar-refractivity contribution in [2.24, 2.45) is 0 Å². The molecular weight excluding hydrogens is 228 g/mol. The molecule has 0 fully saturated rings. The summed E-state index contributed by atoms with van der Waals surface area (Å²) in [5.41, 5.74) is 0.347. The predicted molar refractivity (Wildman–Crippen MR) is 56.8 cm³/mol. The Labute approximate surface area is 95.8 Å². The Balaban J connectivity index is 2.03. The molecule has 0 aromatic carbocycles. The highest BCUT2D eigenvalue weighted by atomic mass is 32.1. The third-order valence-corrected chi connectivity index (χ3v) is 2.43. The van der Waals surface area contributed by atoms with E-state index in [0.717, 1.165) is 17.6 Å². The molecule has 0 aliphatic heterocycles. The van der Waals surface area contributed by atoms with Gasteiger partial charge in [-0.25, -0.2) is 4.98 Å². The van der Waals surface area contributed by atoms with E-state index < -0.39 is 0 Å². The number of rotatable bonds is 3. The molecular formula is C8H10N6OS. The highest BCUT2D eigenvalue weighted by molar-refractivity contribution is 6.99. The van der Waals surface area contributed by atoms with E-state index in [1.54, 1.807) is 7.05 Å². The summed E-state index contributed by atoms with van der Waals surface area (Å²) in [5, 5.41) is 6.68. The summed E-state index contributed by atoms with van der Waals surface area (Å²) in [5.74, 6) is 1.12. The number of aromatic amines is 1. The molecule has 0 aliphatic rings. The maximum absolute atomic E-state index is 11.8. The summed E-state index contributed by atoms with van der Waals surface area (Å²) in [6.45, 7) is 2.16. The normalized spacial score (nSPS) is 10.4. The first-order valence-electron chi connectivity index (χ1n) is 4.57. The van der Waals surface area contributed by atoms with Crippen molar-refractivity contribution in [1.82, 2.24) is 28.8 Å². The Kier molecular flexibility index (Phi) is 2.91. The van der Waals surface area contributed by atoms with Gasteiger partial charge in [-0.15, -0.1) is 0 Å². The zero-order chi connectivity index (χ0) is 11.5. The van der Waals surface area contributed by atoms with E-state index >= 15 is 0 Å². The Morgan fingerprint density at radius 1 is 1.62 bits per heavy atom. The van der Waals surface area contributed by atoms with E-state index in [1.165, 1.54) is 11.1 Å². The second kappa shape index (κ2) is 4.35. The lowest BCUT2D eigenvalue weighted by Crippen LogP contribution is -2.26. The fraction of sp³-hybridized carbons (Fsp3) is 0.375. The van der Waals surface area contributed by atoms with Crippen molar-refractivity contribution in [3.63, 3.8) is 0 Å². The SMILES string of the molecule is Cc1nc(CN(C)C(=O)c2cnsn2)n[nH]1. The van der Waals surface area contributed by atoms with Crippen molar-refractivity contribution in [3.05, 3.63) is 23.5 Å². The lowest BCUT2D eigenvalue weighted by atomic mass is 10.4. The van der Waals surface area contributed by atoms with Crippen LogP contribution in [-0.2, 0) is 6.54 Å². The van der Waals surface area contributed by atoms with E-state index in [-0.39, 0.29) is 5.91 Å². The lowest BCUT2D eigenvalue weighted by Gasteiger charge is -2.12. The first kappa shape index (κ1) is 10.7. The molecule has 84 valence electrons. The number of hydrogen-bond acceptors (Lipinski definition) is 6. The number of amides is 1. The van der Waals surface area contributed by atoms with E-state index in [4.69, 9.17) is 0 Å². The minimum absolute atomic E-state index is 0.184. The number of nitrogens with one attached hydrogen (secondary N) is 1. The Hall–Kier alpha value is -1.83. The third kappa shape index (κ3) is 2.22. The number of aryl methyl sites for hydroxylation is 1. The summed E-state index contributed by atoms with van der Waals surface area (Å²) < 4.78 is 7.66. The molecule has 0 saturated carbocycles. The highest BCUT2D eigenvalue weighted by Crippen LogP contribution is 2.03. The molecule has 7 nitrogen and oxygen atoms in total. The third-order valence-electron chi connectivity index (χ3n) is 1.95. The van der Waals surface area contributed by atoms with Gasteiger partial charge in [-0.05, 0) is 6.92 Å². The Morgan fingerprint density at radius 3 is 3.00 bits per heavy atom. The van der Waals surface area contributed by atoms with Crippen LogP contribution in [0.1, 0.15) is 22.1 Å². The molecule has 0 radical (unpaired) electrons.